The molecule has 0 fully saturated rings. The number of allylic oxidation sites excluding steroid dienone is 2. The summed E-state index contributed by atoms with van der Waals surface area (Å²) >= 11 is 0. The van der Waals surface area contributed by atoms with Crippen molar-refractivity contribution in [2.75, 3.05) is 0 Å². The number of hydrogen-bond donors (Lipinski definition) is 1. The van der Waals surface area contributed by atoms with Crippen LogP contribution in [0.25, 0.3) is 0 Å². The number of hydrogen-bond acceptors (Lipinski definition) is 3. The highest BCUT2D eigenvalue weighted by molar-refractivity contribution is 5.69. The van der Waals surface area contributed by atoms with Crippen LogP contribution in [0, 0.1) is 0 Å². The van der Waals surface area contributed by atoms with Gasteiger partial charge >= 0.3 is 11.9 Å². The van der Waals surface area contributed by atoms with Crippen molar-refractivity contribution < 1.29 is 19.4 Å². The van der Waals surface area contributed by atoms with Gasteiger partial charge in [-0.05, 0) is 64.2 Å². The van der Waals surface area contributed by atoms with E-state index in [0.717, 1.165) is 38.5 Å². The standard InChI is InChI=1S/C39H74O4/c1-3-5-7-9-11-12-13-14-15-16-17-18-19-20-21-22-23-24-26-28-30-36-39(42)43-37(34-31-32-35-38(40)41)33-29-27-25-10-8-6-4-2/h14-15,37H,3-13,16-36H2,1-2H3,(H,40,41)/b15-14-. The lowest BCUT2D eigenvalue weighted by Gasteiger charge is -2.18. The molecule has 0 spiro atoms. The van der Waals surface area contributed by atoms with Crippen LogP contribution in [0.4, 0.5) is 0 Å². The lowest BCUT2D eigenvalue weighted by atomic mass is 10.0. The van der Waals surface area contributed by atoms with Crippen molar-refractivity contribution in [3.8, 4) is 0 Å². The first-order valence-corrected chi connectivity index (χ1v) is 19.2. The van der Waals surface area contributed by atoms with E-state index in [1.165, 1.54) is 148 Å². The molecule has 0 radical (unpaired) electrons. The summed E-state index contributed by atoms with van der Waals surface area (Å²) in [4.78, 5) is 23.3. The summed E-state index contributed by atoms with van der Waals surface area (Å²) in [6.07, 6.45) is 42.4. The van der Waals surface area contributed by atoms with Crippen molar-refractivity contribution in [3.63, 3.8) is 0 Å². The molecule has 1 atom stereocenters. The molecule has 0 aromatic carbocycles. The van der Waals surface area contributed by atoms with Crippen LogP contribution in [0.15, 0.2) is 12.2 Å². The van der Waals surface area contributed by atoms with Crippen LogP contribution in [0.1, 0.15) is 219 Å². The van der Waals surface area contributed by atoms with Gasteiger partial charge in [-0.3, -0.25) is 9.59 Å². The van der Waals surface area contributed by atoms with Gasteiger partial charge in [-0.2, -0.15) is 0 Å². The number of carboxylic acid groups (broad SMARTS) is 1. The van der Waals surface area contributed by atoms with Crippen LogP contribution in [0.2, 0.25) is 0 Å². The predicted molar refractivity (Wildman–Crippen MR) is 186 cm³/mol. The summed E-state index contributed by atoms with van der Waals surface area (Å²) in [6.45, 7) is 4.52. The summed E-state index contributed by atoms with van der Waals surface area (Å²) in [5, 5.41) is 8.89. The molecule has 0 aliphatic rings. The molecule has 0 amide bonds. The molecule has 0 bridgehead atoms. The van der Waals surface area contributed by atoms with E-state index in [9.17, 15) is 9.59 Å². The Balaban J connectivity index is 3.68. The van der Waals surface area contributed by atoms with Crippen LogP contribution < -0.4 is 0 Å². The molecule has 4 nitrogen and oxygen atoms in total. The zero-order valence-electron chi connectivity index (χ0n) is 29.0. The Morgan fingerprint density at radius 2 is 0.837 bits per heavy atom. The molecule has 0 saturated heterocycles. The Labute approximate surface area is 268 Å². The average Bonchev–Trinajstić information content (AvgIpc) is 2.99. The molecule has 4 heteroatoms. The van der Waals surface area contributed by atoms with Crippen molar-refractivity contribution in [1.82, 2.24) is 0 Å². The number of carbonyl (C=O) groups excluding carboxylic acids is 1. The SMILES string of the molecule is CCCCCCCC/C=C\CCCCCCCCCCCCCC(=O)OC(CCCCCCCCC)CCCCC(=O)O. The molecule has 254 valence electrons. The molecule has 0 rings (SSSR count). The highest BCUT2D eigenvalue weighted by Gasteiger charge is 2.14. The first-order valence-electron chi connectivity index (χ1n) is 19.2. The Bertz CT molecular complexity index is 614. The molecule has 0 saturated carbocycles. The number of ether oxygens (including phenoxy) is 1. The van der Waals surface area contributed by atoms with Crippen LogP contribution in [-0.4, -0.2) is 23.1 Å². The molecule has 0 heterocycles. The van der Waals surface area contributed by atoms with Crippen LogP contribution in [0.3, 0.4) is 0 Å². The number of esters is 1. The number of carbonyl (C=O) groups is 2. The molecule has 1 N–H and O–H groups in total. The third-order valence-electron chi connectivity index (χ3n) is 8.74. The topological polar surface area (TPSA) is 63.6 Å². The molecule has 0 aromatic heterocycles. The van der Waals surface area contributed by atoms with Gasteiger partial charge in [-0.1, -0.05) is 154 Å². The molecular weight excluding hydrogens is 532 g/mol. The largest absolute Gasteiger partial charge is 0.481 e. The maximum atomic E-state index is 12.5. The normalized spacial score (nSPS) is 12.2. The summed E-state index contributed by atoms with van der Waals surface area (Å²) < 4.78 is 5.86. The third kappa shape index (κ3) is 35.0. The zero-order chi connectivity index (χ0) is 31.5. The van der Waals surface area contributed by atoms with Gasteiger partial charge in [0.15, 0.2) is 0 Å². The van der Waals surface area contributed by atoms with Crippen LogP contribution in [-0.2, 0) is 14.3 Å². The first-order chi connectivity index (χ1) is 21.1. The zero-order valence-corrected chi connectivity index (χ0v) is 29.0. The molecule has 0 aromatic rings. The van der Waals surface area contributed by atoms with Gasteiger partial charge in [-0.25, -0.2) is 0 Å². The van der Waals surface area contributed by atoms with Crippen LogP contribution >= 0.6 is 0 Å². The van der Waals surface area contributed by atoms with E-state index in [1.807, 2.05) is 0 Å². The predicted octanol–water partition coefficient (Wildman–Crippen LogP) is 13.1. The lowest BCUT2D eigenvalue weighted by molar-refractivity contribution is -0.150. The summed E-state index contributed by atoms with van der Waals surface area (Å²) in [6, 6.07) is 0. The second kappa shape index (κ2) is 35.2. The van der Waals surface area contributed by atoms with Crippen LogP contribution in [0.5, 0.6) is 0 Å². The molecule has 0 aliphatic heterocycles. The van der Waals surface area contributed by atoms with Gasteiger partial charge < -0.3 is 9.84 Å². The first kappa shape index (κ1) is 41.7. The summed E-state index contributed by atoms with van der Waals surface area (Å²) in [5.41, 5.74) is 0. The van der Waals surface area contributed by atoms with E-state index in [2.05, 4.69) is 26.0 Å². The monoisotopic (exact) mass is 607 g/mol. The van der Waals surface area contributed by atoms with Gasteiger partial charge in [-0.15, -0.1) is 0 Å². The van der Waals surface area contributed by atoms with E-state index in [4.69, 9.17) is 9.84 Å². The summed E-state index contributed by atoms with van der Waals surface area (Å²) in [7, 11) is 0. The van der Waals surface area contributed by atoms with Gasteiger partial charge in [0.1, 0.15) is 6.10 Å². The minimum atomic E-state index is -0.742. The van der Waals surface area contributed by atoms with Crippen molar-refractivity contribution >= 4 is 11.9 Å². The fourth-order valence-corrected chi connectivity index (χ4v) is 5.89. The average molecular weight is 607 g/mol. The highest BCUT2D eigenvalue weighted by atomic mass is 16.5. The maximum Gasteiger partial charge on any atom is 0.306 e. The second-order valence-corrected chi connectivity index (χ2v) is 13.1. The number of carboxylic acids is 1. The van der Waals surface area contributed by atoms with E-state index in [-0.39, 0.29) is 18.5 Å². The van der Waals surface area contributed by atoms with E-state index >= 15 is 0 Å². The van der Waals surface area contributed by atoms with Gasteiger partial charge in [0.2, 0.25) is 0 Å². The molecule has 1 unspecified atom stereocenters. The Hall–Kier alpha value is -1.32. The van der Waals surface area contributed by atoms with E-state index in [1.54, 1.807) is 0 Å². The minimum Gasteiger partial charge on any atom is -0.481 e. The quantitative estimate of drug-likeness (QED) is 0.0443. The number of rotatable bonds is 35. The highest BCUT2D eigenvalue weighted by Crippen LogP contribution is 2.18. The smallest absolute Gasteiger partial charge is 0.306 e. The third-order valence-corrected chi connectivity index (χ3v) is 8.74. The van der Waals surface area contributed by atoms with Gasteiger partial charge in [0.25, 0.3) is 0 Å². The second-order valence-electron chi connectivity index (χ2n) is 13.1. The van der Waals surface area contributed by atoms with E-state index < -0.39 is 5.97 Å². The lowest BCUT2D eigenvalue weighted by Crippen LogP contribution is -2.18. The number of aliphatic carboxylic acids is 1. The fourth-order valence-electron chi connectivity index (χ4n) is 5.89. The van der Waals surface area contributed by atoms with E-state index in [0.29, 0.717) is 12.8 Å². The van der Waals surface area contributed by atoms with Crippen molar-refractivity contribution in [2.24, 2.45) is 0 Å². The molecule has 43 heavy (non-hydrogen) atoms. The minimum absolute atomic E-state index is 0.0386. The van der Waals surface area contributed by atoms with Crippen molar-refractivity contribution in [2.45, 2.75) is 225 Å². The Kier molecular flexibility index (Phi) is 34.1. The summed E-state index contributed by atoms with van der Waals surface area (Å²) in [5.74, 6) is -0.798. The maximum absolute atomic E-state index is 12.5. The van der Waals surface area contributed by atoms with Gasteiger partial charge in [0.05, 0.1) is 0 Å². The molecular formula is C39H74O4. The van der Waals surface area contributed by atoms with Crippen molar-refractivity contribution in [3.05, 3.63) is 12.2 Å². The molecule has 0 aliphatic carbocycles. The Morgan fingerprint density at radius 1 is 0.488 bits per heavy atom. The fraction of sp³-hybridized carbons (Fsp3) is 0.897. The number of unbranched alkanes of at least 4 members (excludes halogenated alkanes) is 24. The van der Waals surface area contributed by atoms with Crippen molar-refractivity contribution in [1.29, 1.82) is 0 Å². The Morgan fingerprint density at radius 3 is 1.28 bits per heavy atom. The van der Waals surface area contributed by atoms with Gasteiger partial charge in [0, 0.05) is 12.8 Å².